The van der Waals surface area contributed by atoms with Gasteiger partial charge in [0, 0.05) is 17.5 Å². The number of methoxy groups -OCH3 is 1. The molecule has 0 saturated heterocycles. The van der Waals surface area contributed by atoms with Crippen LogP contribution in [0.25, 0.3) is 0 Å². The summed E-state index contributed by atoms with van der Waals surface area (Å²) in [6.07, 6.45) is 0.990. The molecule has 0 aliphatic carbocycles. The first-order valence-corrected chi connectivity index (χ1v) is 8.67. The topological polar surface area (TPSA) is 64.6 Å². The zero-order chi connectivity index (χ0) is 18.9. The summed E-state index contributed by atoms with van der Waals surface area (Å²) < 4.78 is 10.9. The van der Waals surface area contributed by atoms with Crippen molar-refractivity contribution in [1.82, 2.24) is 5.32 Å². The maximum absolute atomic E-state index is 12.1. The lowest BCUT2D eigenvalue weighted by molar-refractivity contribution is -0.121. The van der Waals surface area contributed by atoms with Gasteiger partial charge in [0.05, 0.1) is 19.8 Å². The highest BCUT2D eigenvalue weighted by Crippen LogP contribution is 2.24. The fourth-order valence-electron chi connectivity index (χ4n) is 2.62. The normalized spacial score (nSPS) is 11.5. The summed E-state index contributed by atoms with van der Waals surface area (Å²) in [6.45, 7) is 3.90. The number of para-hydroxylation sites is 1. The number of ketones is 1. The highest BCUT2D eigenvalue weighted by Gasteiger charge is 2.13. The van der Waals surface area contributed by atoms with Gasteiger partial charge < -0.3 is 14.8 Å². The van der Waals surface area contributed by atoms with Gasteiger partial charge in [0.2, 0.25) is 5.91 Å². The van der Waals surface area contributed by atoms with Gasteiger partial charge in [-0.25, -0.2) is 0 Å². The summed E-state index contributed by atoms with van der Waals surface area (Å²) in [6, 6.07) is 14.5. The van der Waals surface area contributed by atoms with E-state index in [0.29, 0.717) is 30.8 Å². The molecule has 0 aromatic heterocycles. The molecule has 2 aromatic carbocycles. The first-order chi connectivity index (χ1) is 12.5. The van der Waals surface area contributed by atoms with Crippen molar-refractivity contribution in [2.24, 2.45) is 0 Å². The van der Waals surface area contributed by atoms with Gasteiger partial charge in [0.25, 0.3) is 0 Å². The predicted octanol–water partition coefficient (Wildman–Crippen LogP) is 3.93. The first-order valence-electron chi connectivity index (χ1n) is 8.67. The second-order valence-electron chi connectivity index (χ2n) is 6.06. The Bertz CT molecular complexity index is 740. The number of carbonyl (C=O) groups is 2. The fourth-order valence-corrected chi connectivity index (χ4v) is 2.62. The van der Waals surface area contributed by atoms with Crippen molar-refractivity contribution >= 4 is 11.7 Å². The van der Waals surface area contributed by atoms with E-state index >= 15 is 0 Å². The monoisotopic (exact) mass is 355 g/mol. The number of carbonyl (C=O) groups excluding carboxylic acids is 2. The number of ether oxygens (including phenoxy) is 2. The van der Waals surface area contributed by atoms with Crippen LogP contribution in [0.3, 0.4) is 0 Å². The van der Waals surface area contributed by atoms with Crippen LogP contribution in [0.2, 0.25) is 0 Å². The van der Waals surface area contributed by atoms with E-state index in [0.717, 1.165) is 11.3 Å². The lowest BCUT2D eigenvalue weighted by Crippen LogP contribution is -2.27. The van der Waals surface area contributed by atoms with Crippen molar-refractivity contribution in [2.75, 3.05) is 13.7 Å². The lowest BCUT2D eigenvalue weighted by Gasteiger charge is -2.17. The van der Waals surface area contributed by atoms with Crippen LogP contribution in [0.5, 0.6) is 11.5 Å². The Hall–Kier alpha value is -2.82. The molecule has 5 heteroatoms. The number of nitrogens with one attached hydrogen (secondary N) is 1. The quantitative estimate of drug-likeness (QED) is 0.547. The molecule has 1 unspecified atom stereocenters. The van der Waals surface area contributed by atoms with Gasteiger partial charge in [-0.15, -0.1) is 0 Å². The molecule has 0 heterocycles. The number of hydrogen-bond acceptors (Lipinski definition) is 4. The van der Waals surface area contributed by atoms with Crippen molar-refractivity contribution in [3.8, 4) is 11.5 Å². The minimum Gasteiger partial charge on any atom is -0.496 e. The van der Waals surface area contributed by atoms with Gasteiger partial charge in [-0.3, -0.25) is 9.59 Å². The van der Waals surface area contributed by atoms with Crippen molar-refractivity contribution in [2.45, 2.75) is 32.7 Å². The summed E-state index contributed by atoms with van der Waals surface area (Å²) in [5, 5.41) is 2.98. The van der Waals surface area contributed by atoms with E-state index in [1.807, 2.05) is 31.2 Å². The third-order valence-corrected chi connectivity index (χ3v) is 4.06. The zero-order valence-electron chi connectivity index (χ0n) is 15.5. The van der Waals surface area contributed by atoms with E-state index in [4.69, 9.17) is 9.47 Å². The van der Waals surface area contributed by atoms with Gasteiger partial charge in [0.1, 0.15) is 11.5 Å². The minimum absolute atomic E-state index is 0.0254. The van der Waals surface area contributed by atoms with Crippen molar-refractivity contribution in [3.05, 3.63) is 59.7 Å². The molecule has 0 aliphatic heterocycles. The molecule has 1 amide bonds. The molecule has 2 rings (SSSR count). The van der Waals surface area contributed by atoms with Crippen molar-refractivity contribution in [3.63, 3.8) is 0 Å². The van der Waals surface area contributed by atoms with Gasteiger partial charge in [0.15, 0.2) is 5.78 Å². The minimum atomic E-state index is -0.126. The predicted molar refractivity (Wildman–Crippen MR) is 101 cm³/mol. The number of Topliss-reactive ketones (excluding diaryl/α,β-unsaturated/α-hetero) is 1. The summed E-state index contributed by atoms with van der Waals surface area (Å²) in [4.78, 5) is 23.3. The molecule has 26 heavy (non-hydrogen) atoms. The number of rotatable bonds is 9. The van der Waals surface area contributed by atoms with Crippen molar-refractivity contribution < 1.29 is 19.1 Å². The van der Waals surface area contributed by atoms with E-state index in [2.05, 4.69) is 5.32 Å². The standard InChI is InChI=1S/C21H25NO4/c1-15(19-7-4-5-8-20(19)25-3)22-21(24)9-6-14-26-18-12-10-17(11-13-18)16(2)23/h4-5,7-8,10-13,15H,6,9,14H2,1-3H3,(H,22,24). The third-order valence-electron chi connectivity index (χ3n) is 4.06. The molecule has 1 N–H and O–H groups in total. The molecular formula is C21H25NO4. The van der Waals surface area contributed by atoms with Gasteiger partial charge in [-0.1, -0.05) is 18.2 Å². The van der Waals surface area contributed by atoms with E-state index in [1.165, 1.54) is 6.92 Å². The van der Waals surface area contributed by atoms with Crippen LogP contribution >= 0.6 is 0 Å². The zero-order valence-corrected chi connectivity index (χ0v) is 15.5. The van der Waals surface area contributed by atoms with Crippen LogP contribution in [0.15, 0.2) is 48.5 Å². The van der Waals surface area contributed by atoms with Crippen LogP contribution in [0.1, 0.15) is 48.7 Å². The molecule has 0 aliphatic rings. The largest absolute Gasteiger partial charge is 0.496 e. The van der Waals surface area contributed by atoms with E-state index < -0.39 is 0 Å². The molecule has 0 fully saturated rings. The maximum atomic E-state index is 12.1. The van der Waals surface area contributed by atoms with Gasteiger partial charge >= 0.3 is 0 Å². The maximum Gasteiger partial charge on any atom is 0.220 e. The van der Waals surface area contributed by atoms with E-state index in [9.17, 15) is 9.59 Å². The Kier molecular flexibility index (Phi) is 7.21. The highest BCUT2D eigenvalue weighted by atomic mass is 16.5. The summed E-state index contributed by atoms with van der Waals surface area (Å²) in [5.41, 5.74) is 1.60. The smallest absolute Gasteiger partial charge is 0.220 e. The van der Waals surface area contributed by atoms with Crippen LogP contribution < -0.4 is 14.8 Å². The number of benzene rings is 2. The van der Waals surface area contributed by atoms with Gasteiger partial charge in [-0.05, 0) is 50.6 Å². The third kappa shape index (κ3) is 5.62. The Labute approximate surface area is 154 Å². The molecule has 5 nitrogen and oxygen atoms in total. The molecule has 0 radical (unpaired) electrons. The molecule has 0 saturated carbocycles. The lowest BCUT2D eigenvalue weighted by atomic mass is 10.1. The second-order valence-corrected chi connectivity index (χ2v) is 6.06. The Morgan fingerprint density at radius 3 is 2.42 bits per heavy atom. The first kappa shape index (κ1) is 19.5. The molecule has 2 aromatic rings. The second kappa shape index (κ2) is 9.61. The van der Waals surface area contributed by atoms with Crippen LogP contribution in [0, 0.1) is 0 Å². The van der Waals surface area contributed by atoms with Crippen LogP contribution in [-0.2, 0) is 4.79 Å². The summed E-state index contributed by atoms with van der Waals surface area (Å²) >= 11 is 0. The Morgan fingerprint density at radius 1 is 1.08 bits per heavy atom. The Balaban J connectivity index is 1.74. The van der Waals surface area contributed by atoms with E-state index in [-0.39, 0.29) is 17.7 Å². The number of hydrogen-bond donors (Lipinski definition) is 1. The fraction of sp³-hybridized carbons (Fsp3) is 0.333. The van der Waals surface area contributed by atoms with E-state index in [1.54, 1.807) is 31.4 Å². The Morgan fingerprint density at radius 2 is 1.77 bits per heavy atom. The summed E-state index contributed by atoms with van der Waals surface area (Å²) in [7, 11) is 1.62. The molecule has 0 bridgehead atoms. The SMILES string of the molecule is COc1ccccc1C(C)NC(=O)CCCOc1ccc(C(C)=O)cc1. The van der Waals surface area contributed by atoms with Crippen LogP contribution in [-0.4, -0.2) is 25.4 Å². The number of amides is 1. The van der Waals surface area contributed by atoms with Crippen molar-refractivity contribution in [1.29, 1.82) is 0 Å². The van der Waals surface area contributed by atoms with Crippen LogP contribution in [0.4, 0.5) is 0 Å². The highest BCUT2D eigenvalue weighted by molar-refractivity contribution is 5.94. The average molecular weight is 355 g/mol. The molecule has 138 valence electrons. The van der Waals surface area contributed by atoms with Gasteiger partial charge in [-0.2, -0.15) is 0 Å². The molecule has 0 spiro atoms. The molecular weight excluding hydrogens is 330 g/mol. The summed E-state index contributed by atoms with van der Waals surface area (Å²) in [5.74, 6) is 1.45. The average Bonchev–Trinajstić information content (AvgIpc) is 2.65. The molecule has 1 atom stereocenters.